The van der Waals surface area contributed by atoms with Crippen LogP contribution in [-0.4, -0.2) is 65.3 Å². The molecule has 0 spiro atoms. The Balaban J connectivity index is 2.51. The first kappa shape index (κ1) is 23.3. The SMILES string of the molecule is COCC(=O)Nc1c(F)ccc([N+](=O)[O-])c1N1CCC[C@H]1CN(C(=O)O)C(C)(C)C. The van der Waals surface area contributed by atoms with E-state index in [4.69, 9.17) is 4.74 Å². The second-order valence-electron chi connectivity index (χ2n) is 8.08. The molecular formula is C19H27FN4O6. The predicted molar refractivity (Wildman–Crippen MR) is 108 cm³/mol. The Hall–Kier alpha value is -2.95. The Morgan fingerprint density at radius 1 is 1.43 bits per heavy atom. The number of hydrogen-bond acceptors (Lipinski definition) is 6. The molecule has 0 aliphatic carbocycles. The van der Waals surface area contributed by atoms with Crippen LogP contribution in [0.5, 0.6) is 0 Å². The highest BCUT2D eigenvalue weighted by Gasteiger charge is 2.37. The molecule has 1 heterocycles. The van der Waals surface area contributed by atoms with Crippen LogP contribution in [0.25, 0.3) is 0 Å². The minimum atomic E-state index is -1.11. The van der Waals surface area contributed by atoms with Crippen molar-refractivity contribution < 1.29 is 28.7 Å². The number of methoxy groups -OCH3 is 1. The van der Waals surface area contributed by atoms with E-state index >= 15 is 0 Å². The molecule has 1 aromatic carbocycles. The number of nitrogens with zero attached hydrogens (tertiary/aromatic N) is 3. The molecule has 11 heteroatoms. The second kappa shape index (κ2) is 9.24. The summed E-state index contributed by atoms with van der Waals surface area (Å²) in [6.07, 6.45) is 0.0946. The van der Waals surface area contributed by atoms with Gasteiger partial charge in [-0.15, -0.1) is 0 Å². The number of hydrogen-bond donors (Lipinski definition) is 2. The lowest BCUT2D eigenvalue weighted by atomic mass is 10.0. The van der Waals surface area contributed by atoms with E-state index in [-0.39, 0.29) is 30.2 Å². The minimum Gasteiger partial charge on any atom is -0.465 e. The first-order chi connectivity index (χ1) is 14.0. The fourth-order valence-electron chi connectivity index (χ4n) is 3.59. The summed E-state index contributed by atoms with van der Waals surface area (Å²) in [6.45, 7) is 5.35. The zero-order valence-corrected chi connectivity index (χ0v) is 17.5. The third-order valence-electron chi connectivity index (χ3n) is 4.94. The van der Waals surface area contributed by atoms with E-state index in [1.807, 2.05) is 0 Å². The molecule has 0 aromatic heterocycles. The van der Waals surface area contributed by atoms with E-state index in [1.54, 1.807) is 25.7 Å². The summed E-state index contributed by atoms with van der Waals surface area (Å²) in [5.74, 6) is -1.48. The van der Waals surface area contributed by atoms with Crippen molar-refractivity contribution >= 4 is 29.1 Å². The van der Waals surface area contributed by atoms with Gasteiger partial charge >= 0.3 is 6.09 Å². The van der Waals surface area contributed by atoms with Crippen LogP contribution in [0.15, 0.2) is 12.1 Å². The smallest absolute Gasteiger partial charge is 0.407 e. The second-order valence-corrected chi connectivity index (χ2v) is 8.08. The largest absolute Gasteiger partial charge is 0.465 e. The summed E-state index contributed by atoms with van der Waals surface area (Å²) in [6, 6.07) is 1.55. The maximum absolute atomic E-state index is 14.6. The molecule has 0 radical (unpaired) electrons. The Labute approximate surface area is 173 Å². The van der Waals surface area contributed by atoms with Gasteiger partial charge in [-0.1, -0.05) is 0 Å². The van der Waals surface area contributed by atoms with Gasteiger partial charge < -0.3 is 25.0 Å². The van der Waals surface area contributed by atoms with Crippen LogP contribution in [0.2, 0.25) is 0 Å². The van der Waals surface area contributed by atoms with Crippen molar-refractivity contribution in [1.29, 1.82) is 0 Å². The highest BCUT2D eigenvalue weighted by Crippen LogP contribution is 2.41. The van der Waals surface area contributed by atoms with Crippen molar-refractivity contribution in [2.24, 2.45) is 0 Å². The van der Waals surface area contributed by atoms with Crippen molar-refractivity contribution in [2.75, 3.05) is 37.0 Å². The van der Waals surface area contributed by atoms with Crippen LogP contribution < -0.4 is 10.2 Å². The number of carbonyl (C=O) groups excluding carboxylic acids is 1. The molecule has 1 atom stereocenters. The number of rotatable bonds is 7. The van der Waals surface area contributed by atoms with E-state index in [0.29, 0.717) is 19.4 Å². The lowest BCUT2D eigenvalue weighted by Crippen LogP contribution is -2.51. The maximum atomic E-state index is 14.6. The average molecular weight is 426 g/mol. The lowest BCUT2D eigenvalue weighted by molar-refractivity contribution is -0.384. The molecule has 1 fully saturated rings. The van der Waals surface area contributed by atoms with Gasteiger partial charge in [0, 0.05) is 37.8 Å². The van der Waals surface area contributed by atoms with Crippen molar-refractivity contribution in [3.05, 3.63) is 28.1 Å². The topological polar surface area (TPSA) is 125 Å². The fourth-order valence-corrected chi connectivity index (χ4v) is 3.59. The van der Waals surface area contributed by atoms with E-state index in [1.165, 1.54) is 12.0 Å². The molecule has 1 aliphatic rings. The number of nitro benzene ring substituents is 1. The van der Waals surface area contributed by atoms with E-state index in [9.17, 15) is 29.2 Å². The van der Waals surface area contributed by atoms with E-state index < -0.39 is 34.3 Å². The van der Waals surface area contributed by atoms with Gasteiger partial charge in [-0.2, -0.15) is 0 Å². The van der Waals surface area contributed by atoms with Crippen LogP contribution in [0.1, 0.15) is 33.6 Å². The number of amides is 2. The number of nitro groups is 1. The van der Waals surface area contributed by atoms with Crippen molar-refractivity contribution in [3.8, 4) is 0 Å². The molecule has 30 heavy (non-hydrogen) atoms. The number of nitrogens with one attached hydrogen (secondary N) is 1. The molecule has 1 saturated heterocycles. The molecule has 2 rings (SSSR count). The molecular weight excluding hydrogens is 399 g/mol. The van der Waals surface area contributed by atoms with E-state index in [0.717, 1.165) is 12.1 Å². The molecule has 2 N–H and O–H groups in total. The Kier molecular flexibility index (Phi) is 7.19. The van der Waals surface area contributed by atoms with Crippen molar-refractivity contribution in [1.82, 2.24) is 4.90 Å². The van der Waals surface area contributed by atoms with Gasteiger partial charge in [0.1, 0.15) is 23.8 Å². The summed E-state index contributed by atoms with van der Waals surface area (Å²) >= 11 is 0. The summed E-state index contributed by atoms with van der Waals surface area (Å²) in [5, 5.41) is 23.6. The van der Waals surface area contributed by atoms with Crippen LogP contribution >= 0.6 is 0 Å². The fraction of sp³-hybridized carbons (Fsp3) is 0.579. The zero-order chi connectivity index (χ0) is 22.6. The first-order valence-corrected chi connectivity index (χ1v) is 9.50. The number of carboxylic acid groups (broad SMARTS) is 1. The average Bonchev–Trinajstić information content (AvgIpc) is 3.07. The molecule has 10 nitrogen and oxygen atoms in total. The van der Waals surface area contributed by atoms with Crippen LogP contribution in [0, 0.1) is 15.9 Å². The molecule has 2 amide bonds. The van der Waals surface area contributed by atoms with Gasteiger partial charge in [-0.25, -0.2) is 9.18 Å². The first-order valence-electron chi connectivity index (χ1n) is 9.50. The molecule has 0 saturated carbocycles. The van der Waals surface area contributed by atoms with Gasteiger partial charge in [0.15, 0.2) is 0 Å². The van der Waals surface area contributed by atoms with Gasteiger partial charge in [0.05, 0.1) is 4.92 Å². The Morgan fingerprint density at radius 2 is 2.10 bits per heavy atom. The number of ether oxygens (including phenoxy) is 1. The van der Waals surface area contributed by atoms with Crippen LogP contribution in [-0.2, 0) is 9.53 Å². The predicted octanol–water partition coefficient (Wildman–Crippen LogP) is 3.07. The van der Waals surface area contributed by atoms with Crippen molar-refractivity contribution in [2.45, 2.75) is 45.2 Å². The molecule has 166 valence electrons. The standard InChI is InChI=1S/C19H27FN4O6/c1-19(2,3)23(18(26)27)10-12-6-5-9-22(12)17-14(24(28)29)8-7-13(20)16(17)21-15(25)11-30-4/h7-8,12H,5-6,9-11H2,1-4H3,(H,21,25)(H,26,27)/t12-/m0/s1. The molecule has 1 aliphatic heterocycles. The quantitative estimate of drug-likeness (QED) is 0.507. The monoisotopic (exact) mass is 426 g/mol. The zero-order valence-electron chi connectivity index (χ0n) is 17.5. The van der Waals surface area contributed by atoms with Crippen LogP contribution in [0.4, 0.5) is 26.2 Å². The number of carbonyl (C=O) groups is 2. The highest BCUT2D eigenvalue weighted by atomic mass is 19.1. The Morgan fingerprint density at radius 3 is 2.63 bits per heavy atom. The molecule has 1 aromatic rings. The summed E-state index contributed by atoms with van der Waals surface area (Å²) in [5.41, 5.74) is -1.43. The van der Waals surface area contributed by atoms with Gasteiger partial charge in [0.2, 0.25) is 5.91 Å². The number of benzene rings is 1. The Bertz CT molecular complexity index is 826. The summed E-state index contributed by atoms with van der Waals surface area (Å²) < 4.78 is 19.4. The normalized spacial score (nSPS) is 16.4. The third-order valence-corrected chi connectivity index (χ3v) is 4.94. The lowest BCUT2D eigenvalue weighted by Gasteiger charge is -2.38. The summed E-state index contributed by atoms with van der Waals surface area (Å²) in [4.78, 5) is 37.7. The molecule has 0 bridgehead atoms. The third kappa shape index (κ3) is 5.15. The molecule has 0 unspecified atom stereocenters. The number of anilines is 2. The van der Waals surface area contributed by atoms with Gasteiger partial charge in [-0.3, -0.25) is 14.9 Å². The summed E-state index contributed by atoms with van der Waals surface area (Å²) in [7, 11) is 1.30. The highest BCUT2D eigenvalue weighted by molar-refractivity contribution is 5.97. The van der Waals surface area contributed by atoms with E-state index in [2.05, 4.69) is 5.32 Å². The minimum absolute atomic E-state index is 0.0637. The maximum Gasteiger partial charge on any atom is 0.407 e. The van der Waals surface area contributed by atoms with Crippen LogP contribution in [0.3, 0.4) is 0 Å². The van der Waals surface area contributed by atoms with Gasteiger partial charge in [0.25, 0.3) is 5.69 Å². The van der Waals surface area contributed by atoms with Gasteiger partial charge in [-0.05, 0) is 39.7 Å². The van der Waals surface area contributed by atoms with Crippen molar-refractivity contribution in [3.63, 3.8) is 0 Å². The number of halogens is 1.